The standard InChI is InChI=1S/C9H14FN5O/c1-4(2)15(5(3)10)7-6(11)8(16)14-9(12)13-7/h4H,3,11H2,1-2H3,(H3,12,13,14,16). The molecule has 1 rings (SSSR count). The summed E-state index contributed by atoms with van der Waals surface area (Å²) in [6.45, 7) is 6.59. The van der Waals surface area contributed by atoms with E-state index in [1.807, 2.05) is 0 Å². The van der Waals surface area contributed by atoms with E-state index in [0.717, 1.165) is 4.90 Å². The Bertz CT molecular complexity index is 467. The van der Waals surface area contributed by atoms with Crippen molar-refractivity contribution in [2.45, 2.75) is 19.9 Å². The van der Waals surface area contributed by atoms with Gasteiger partial charge in [0.25, 0.3) is 5.56 Å². The lowest BCUT2D eigenvalue weighted by Gasteiger charge is -2.25. The molecule has 0 aliphatic heterocycles. The number of hydrogen-bond acceptors (Lipinski definition) is 5. The number of nitrogens with zero attached hydrogens (tertiary/aromatic N) is 2. The average Bonchev–Trinajstić information content (AvgIpc) is 2.12. The summed E-state index contributed by atoms with van der Waals surface area (Å²) in [5.74, 6) is -0.899. The Morgan fingerprint density at radius 3 is 2.56 bits per heavy atom. The molecular formula is C9H14FN5O. The van der Waals surface area contributed by atoms with Crippen LogP contribution in [0.2, 0.25) is 0 Å². The Labute approximate surface area is 91.8 Å². The van der Waals surface area contributed by atoms with Gasteiger partial charge in [0.15, 0.2) is 11.8 Å². The molecule has 6 nitrogen and oxygen atoms in total. The molecule has 16 heavy (non-hydrogen) atoms. The lowest BCUT2D eigenvalue weighted by Crippen LogP contribution is -2.32. The zero-order chi connectivity index (χ0) is 12.5. The zero-order valence-corrected chi connectivity index (χ0v) is 9.12. The van der Waals surface area contributed by atoms with Crippen molar-refractivity contribution in [3.63, 3.8) is 0 Å². The Kier molecular flexibility index (Phi) is 3.17. The first kappa shape index (κ1) is 12.0. The van der Waals surface area contributed by atoms with Crippen LogP contribution in [0.3, 0.4) is 0 Å². The molecule has 0 fully saturated rings. The molecule has 0 amide bonds. The van der Waals surface area contributed by atoms with Gasteiger partial charge in [0.1, 0.15) is 5.69 Å². The van der Waals surface area contributed by atoms with Crippen LogP contribution >= 0.6 is 0 Å². The zero-order valence-electron chi connectivity index (χ0n) is 9.12. The van der Waals surface area contributed by atoms with Crippen molar-refractivity contribution in [2.75, 3.05) is 16.4 Å². The third-order valence-corrected chi connectivity index (χ3v) is 1.96. The Balaban J connectivity index is 3.40. The molecular weight excluding hydrogens is 213 g/mol. The van der Waals surface area contributed by atoms with E-state index in [-0.39, 0.29) is 23.5 Å². The number of aromatic nitrogens is 2. The van der Waals surface area contributed by atoms with Gasteiger partial charge in [-0.1, -0.05) is 0 Å². The first-order valence-electron chi connectivity index (χ1n) is 4.63. The largest absolute Gasteiger partial charge is 0.391 e. The second-order valence-corrected chi connectivity index (χ2v) is 3.53. The summed E-state index contributed by atoms with van der Waals surface area (Å²) in [5.41, 5.74) is 10.1. The van der Waals surface area contributed by atoms with Crippen LogP contribution in [0.5, 0.6) is 0 Å². The highest BCUT2D eigenvalue weighted by molar-refractivity contribution is 5.65. The summed E-state index contributed by atoms with van der Waals surface area (Å²) in [4.78, 5) is 18.4. The quantitative estimate of drug-likeness (QED) is 0.656. The molecule has 5 N–H and O–H groups in total. The van der Waals surface area contributed by atoms with Crippen LogP contribution in [0.15, 0.2) is 17.3 Å². The number of rotatable bonds is 3. The molecule has 1 aromatic heterocycles. The molecule has 0 aromatic carbocycles. The molecule has 88 valence electrons. The van der Waals surface area contributed by atoms with E-state index in [1.165, 1.54) is 0 Å². The van der Waals surface area contributed by atoms with E-state index >= 15 is 0 Å². The van der Waals surface area contributed by atoms with Gasteiger partial charge in [-0.3, -0.25) is 14.7 Å². The fraction of sp³-hybridized carbons (Fsp3) is 0.333. The highest BCUT2D eigenvalue weighted by Gasteiger charge is 2.20. The van der Waals surface area contributed by atoms with Gasteiger partial charge in [0.2, 0.25) is 5.95 Å². The SMILES string of the molecule is C=C(F)N(c1nc(N)[nH]c(=O)c1N)C(C)C. The fourth-order valence-electron chi connectivity index (χ4n) is 1.31. The van der Waals surface area contributed by atoms with Crippen molar-refractivity contribution in [2.24, 2.45) is 0 Å². The number of nitrogens with two attached hydrogens (primary N) is 2. The second kappa shape index (κ2) is 4.21. The van der Waals surface area contributed by atoms with E-state index in [1.54, 1.807) is 13.8 Å². The van der Waals surface area contributed by atoms with E-state index in [4.69, 9.17) is 11.5 Å². The Hall–Kier alpha value is -2.05. The van der Waals surface area contributed by atoms with Gasteiger partial charge in [-0.2, -0.15) is 9.37 Å². The lowest BCUT2D eigenvalue weighted by molar-refractivity contribution is 0.558. The predicted octanol–water partition coefficient (Wildman–Crippen LogP) is 0.590. The van der Waals surface area contributed by atoms with Crippen LogP contribution in [-0.4, -0.2) is 16.0 Å². The van der Waals surface area contributed by atoms with E-state index in [0.29, 0.717) is 0 Å². The summed E-state index contributed by atoms with van der Waals surface area (Å²) < 4.78 is 13.2. The van der Waals surface area contributed by atoms with Crippen LogP contribution < -0.4 is 21.9 Å². The normalized spacial score (nSPS) is 10.5. The maximum Gasteiger partial charge on any atom is 0.277 e. The summed E-state index contributed by atoms with van der Waals surface area (Å²) in [7, 11) is 0. The van der Waals surface area contributed by atoms with Gasteiger partial charge in [-0.15, -0.1) is 0 Å². The maximum absolute atomic E-state index is 13.2. The van der Waals surface area contributed by atoms with Crippen LogP contribution in [0.4, 0.5) is 21.8 Å². The summed E-state index contributed by atoms with van der Waals surface area (Å²) >= 11 is 0. The molecule has 0 bridgehead atoms. The predicted molar refractivity (Wildman–Crippen MR) is 61.5 cm³/mol. The molecule has 1 aromatic rings. The topological polar surface area (TPSA) is 101 Å². The van der Waals surface area contributed by atoms with Gasteiger partial charge in [-0.25, -0.2) is 0 Å². The third kappa shape index (κ3) is 2.13. The summed E-state index contributed by atoms with van der Waals surface area (Å²) in [6, 6.07) is -0.284. The number of nitrogens with one attached hydrogen (secondary N) is 1. The van der Waals surface area contributed by atoms with E-state index < -0.39 is 11.5 Å². The van der Waals surface area contributed by atoms with Crippen molar-refractivity contribution < 1.29 is 4.39 Å². The maximum atomic E-state index is 13.2. The molecule has 7 heteroatoms. The van der Waals surface area contributed by atoms with Crippen LogP contribution in [0.25, 0.3) is 0 Å². The number of halogens is 1. The Morgan fingerprint density at radius 1 is 1.56 bits per heavy atom. The number of anilines is 3. The van der Waals surface area contributed by atoms with Crippen molar-refractivity contribution in [3.8, 4) is 0 Å². The second-order valence-electron chi connectivity index (χ2n) is 3.53. The highest BCUT2D eigenvalue weighted by Crippen LogP contribution is 2.23. The van der Waals surface area contributed by atoms with Gasteiger partial charge in [-0.05, 0) is 20.4 Å². The average molecular weight is 227 g/mol. The van der Waals surface area contributed by atoms with Crippen molar-refractivity contribution in [3.05, 3.63) is 22.9 Å². The van der Waals surface area contributed by atoms with E-state index in [9.17, 15) is 9.18 Å². The minimum Gasteiger partial charge on any atom is -0.391 e. The van der Waals surface area contributed by atoms with Crippen molar-refractivity contribution >= 4 is 17.5 Å². The van der Waals surface area contributed by atoms with E-state index in [2.05, 4.69) is 16.5 Å². The van der Waals surface area contributed by atoms with Gasteiger partial charge < -0.3 is 11.5 Å². The number of nitrogen functional groups attached to an aromatic ring is 2. The fourth-order valence-corrected chi connectivity index (χ4v) is 1.31. The van der Waals surface area contributed by atoms with Crippen LogP contribution in [0, 0.1) is 0 Å². The molecule has 0 saturated carbocycles. The summed E-state index contributed by atoms with van der Waals surface area (Å²) in [6.07, 6.45) is 0. The molecule has 0 radical (unpaired) electrons. The minimum absolute atomic E-state index is 0.0243. The van der Waals surface area contributed by atoms with Gasteiger partial charge in [0.05, 0.1) is 0 Å². The highest BCUT2D eigenvalue weighted by atomic mass is 19.1. The smallest absolute Gasteiger partial charge is 0.277 e. The first-order valence-corrected chi connectivity index (χ1v) is 4.63. The molecule has 1 heterocycles. The van der Waals surface area contributed by atoms with Gasteiger partial charge >= 0.3 is 0 Å². The molecule has 0 atom stereocenters. The molecule has 0 aliphatic rings. The first-order chi connectivity index (χ1) is 7.34. The molecule has 0 spiro atoms. The molecule has 0 saturated heterocycles. The van der Waals surface area contributed by atoms with Crippen molar-refractivity contribution in [1.82, 2.24) is 9.97 Å². The van der Waals surface area contributed by atoms with Gasteiger partial charge in [0, 0.05) is 6.04 Å². The minimum atomic E-state index is -0.751. The summed E-state index contributed by atoms with van der Waals surface area (Å²) in [5, 5.41) is 0. The molecule has 0 unspecified atom stereocenters. The number of aromatic amines is 1. The monoisotopic (exact) mass is 227 g/mol. The number of H-pyrrole nitrogens is 1. The number of hydrogen-bond donors (Lipinski definition) is 3. The van der Waals surface area contributed by atoms with Crippen molar-refractivity contribution in [1.29, 1.82) is 0 Å². The van der Waals surface area contributed by atoms with Crippen LogP contribution in [0.1, 0.15) is 13.8 Å². The lowest BCUT2D eigenvalue weighted by atomic mass is 10.3. The Morgan fingerprint density at radius 2 is 2.12 bits per heavy atom. The van der Waals surface area contributed by atoms with Crippen LogP contribution in [-0.2, 0) is 0 Å². The molecule has 0 aliphatic carbocycles. The third-order valence-electron chi connectivity index (χ3n) is 1.96.